The summed E-state index contributed by atoms with van der Waals surface area (Å²) in [4.78, 5) is 32.6. The van der Waals surface area contributed by atoms with Gasteiger partial charge in [0.25, 0.3) is 11.5 Å². The molecule has 7 nitrogen and oxygen atoms in total. The number of methoxy groups -OCH3 is 1. The van der Waals surface area contributed by atoms with E-state index >= 15 is 0 Å². The quantitative estimate of drug-likeness (QED) is 0.794. The number of aromatic nitrogens is 2. The van der Waals surface area contributed by atoms with Crippen LogP contribution in [0, 0.1) is 30.6 Å². The van der Waals surface area contributed by atoms with Gasteiger partial charge in [-0.3, -0.25) is 14.2 Å². The van der Waals surface area contributed by atoms with E-state index in [-0.39, 0.29) is 17.0 Å². The number of carbonyl (C=O) groups excluding carboxylic acids is 1. The molecule has 2 saturated heterocycles. The summed E-state index contributed by atoms with van der Waals surface area (Å²) < 4.78 is 12.2. The number of likely N-dealkylation sites (tertiary alicyclic amines) is 1. The molecule has 3 aliphatic rings. The second-order valence-corrected chi connectivity index (χ2v) is 8.44. The first kappa shape index (κ1) is 18.4. The summed E-state index contributed by atoms with van der Waals surface area (Å²) >= 11 is 0. The van der Waals surface area contributed by atoms with E-state index in [1.54, 1.807) is 31.6 Å². The summed E-state index contributed by atoms with van der Waals surface area (Å²) in [7, 11) is 1.54. The number of nitrogens with zero attached hydrogens (tertiary/aromatic N) is 3. The van der Waals surface area contributed by atoms with Crippen molar-refractivity contribution in [3.8, 4) is 11.6 Å². The van der Waals surface area contributed by atoms with Gasteiger partial charge in [0.2, 0.25) is 5.88 Å². The zero-order valence-electron chi connectivity index (χ0n) is 16.7. The number of hydrogen-bond acceptors (Lipinski definition) is 5. The summed E-state index contributed by atoms with van der Waals surface area (Å²) in [5.41, 5.74) is 1.26. The van der Waals surface area contributed by atoms with Crippen LogP contribution in [0.25, 0.3) is 5.69 Å². The van der Waals surface area contributed by atoms with E-state index < -0.39 is 0 Å². The van der Waals surface area contributed by atoms with Crippen LogP contribution >= 0.6 is 0 Å². The van der Waals surface area contributed by atoms with Gasteiger partial charge in [-0.25, -0.2) is 4.98 Å². The van der Waals surface area contributed by atoms with Gasteiger partial charge in [-0.15, -0.1) is 0 Å². The van der Waals surface area contributed by atoms with E-state index in [4.69, 9.17) is 9.47 Å². The van der Waals surface area contributed by atoms with Crippen molar-refractivity contribution in [1.29, 1.82) is 0 Å². The first-order valence-corrected chi connectivity index (χ1v) is 10.2. The monoisotopic (exact) mass is 395 g/mol. The van der Waals surface area contributed by atoms with E-state index in [0.29, 0.717) is 40.8 Å². The van der Waals surface area contributed by atoms with Crippen LogP contribution in [-0.2, 0) is 4.74 Å². The average molecular weight is 395 g/mol. The van der Waals surface area contributed by atoms with Crippen molar-refractivity contribution in [3.05, 3.63) is 52.1 Å². The summed E-state index contributed by atoms with van der Waals surface area (Å²) in [6, 6.07) is 5.28. The molecule has 5 rings (SSSR count). The Bertz CT molecular complexity index is 1000. The Kier molecular flexibility index (Phi) is 4.42. The van der Waals surface area contributed by atoms with Gasteiger partial charge in [0, 0.05) is 32.0 Å². The lowest BCUT2D eigenvalue weighted by Crippen LogP contribution is -2.37. The SMILES string of the molecule is COc1ccc(-n2ccc(C)c(C(=O)N3C[C@@H]4C[C@@H]5COC[C@@H]5[C@@H]4C3)c2=O)cn1. The van der Waals surface area contributed by atoms with Crippen molar-refractivity contribution in [2.24, 2.45) is 23.7 Å². The minimum atomic E-state index is -0.305. The smallest absolute Gasteiger partial charge is 0.268 e. The molecule has 0 N–H and O–H groups in total. The number of amides is 1. The van der Waals surface area contributed by atoms with Crippen molar-refractivity contribution in [2.45, 2.75) is 13.3 Å². The molecule has 2 aliphatic heterocycles. The van der Waals surface area contributed by atoms with E-state index in [0.717, 1.165) is 32.7 Å². The number of aryl methyl sites for hydroxylation is 1. The second-order valence-electron chi connectivity index (χ2n) is 8.44. The van der Waals surface area contributed by atoms with Crippen LogP contribution in [0.15, 0.2) is 35.4 Å². The minimum absolute atomic E-state index is 0.159. The summed E-state index contributed by atoms with van der Waals surface area (Å²) in [6.45, 7) is 4.97. The topological polar surface area (TPSA) is 73.7 Å². The number of pyridine rings is 2. The van der Waals surface area contributed by atoms with E-state index in [2.05, 4.69) is 4.98 Å². The van der Waals surface area contributed by atoms with Gasteiger partial charge in [0.15, 0.2) is 0 Å². The van der Waals surface area contributed by atoms with E-state index in [9.17, 15) is 9.59 Å². The fourth-order valence-electron chi connectivity index (χ4n) is 5.40. The number of ether oxygens (including phenoxy) is 2. The average Bonchev–Trinajstić information content (AvgIpc) is 3.40. The molecule has 0 aromatic carbocycles. The second kappa shape index (κ2) is 6.99. The third-order valence-corrected chi connectivity index (χ3v) is 6.90. The standard InChI is InChI=1S/C22H25N3O4/c1-13-5-6-25(16-3-4-19(28-2)23-8-16)22(27)20(13)21(26)24-9-14-7-15-11-29-12-18(15)17(14)10-24/h3-6,8,14-15,17-18H,7,9-12H2,1-2H3/t14-,15+,17+,18-/m0/s1. The molecule has 1 amide bonds. The largest absolute Gasteiger partial charge is 0.481 e. The zero-order valence-corrected chi connectivity index (χ0v) is 16.7. The predicted octanol–water partition coefficient (Wildman–Crippen LogP) is 1.90. The maximum absolute atomic E-state index is 13.3. The van der Waals surface area contributed by atoms with Gasteiger partial charge in [-0.05, 0) is 54.7 Å². The Hall–Kier alpha value is -2.67. The summed E-state index contributed by atoms with van der Waals surface area (Å²) in [5.74, 6) is 2.58. The molecule has 0 unspecified atom stereocenters. The van der Waals surface area contributed by atoms with Gasteiger partial charge in [0.1, 0.15) is 5.56 Å². The van der Waals surface area contributed by atoms with Crippen molar-refractivity contribution in [3.63, 3.8) is 0 Å². The molecule has 0 spiro atoms. The lowest BCUT2D eigenvalue weighted by Gasteiger charge is -2.21. The first-order chi connectivity index (χ1) is 14.1. The molecule has 4 atom stereocenters. The Labute approximate surface area is 169 Å². The van der Waals surface area contributed by atoms with Crippen LogP contribution in [0.2, 0.25) is 0 Å². The molecule has 3 fully saturated rings. The Morgan fingerprint density at radius 1 is 1.17 bits per heavy atom. The highest BCUT2D eigenvalue weighted by Gasteiger charge is 2.51. The van der Waals surface area contributed by atoms with Gasteiger partial charge >= 0.3 is 0 Å². The van der Waals surface area contributed by atoms with Crippen LogP contribution in [-0.4, -0.2) is 53.8 Å². The lowest BCUT2D eigenvalue weighted by molar-refractivity contribution is 0.0771. The normalized spacial score (nSPS) is 27.7. The Morgan fingerprint density at radius 2 is 2.03 bits per heavy atom. The third kappa shape index (κ3) is 2.95. The third-order valence-electron chi connectivity index (χ3n) is 6.90. The van der Waals surface area contributed by atoms with Crippen LogP contribution in [0.5, 0.6) is 5.88 Å². The lowest BCUT2D eigenvalue weighted by atomic mass is 9.91. The zero-order chi connectivity index (χ0) is 20.1. The molecular weight excluding hydrogens is 370 g/mol. The maximum Gasteiger partial charge on any atom is 0.268 e. The van der Waals surface area contributed by atoms with Gasteiger partial charge in [-0.1, -0.05) is 0 Å². The van der Waals surface area contributed by atoms with Crippen LogP contribution in [0.1, 0.15) is 22.3 Å². The van der Waals surface area contributed by atoms with Gasteiger partial charge in [-0.2, -0.15) is 0 Å². The number of rotatable bonds is 3. The number of hydrogen-bond donors (Lipinski definition) is 0. The minimum Gasteiger partial charge on any atom is -0.481 e. The molecule has 152 valence electrons. The Balaban J connectivity index is 1.43. The summed E-state index contributed by atoms with van der Waals surface area (Å²) in [5, 5.41) is 0. The van der Waals surface area contributed by atoms with Crippen LogP contribution in [0.3, 0.4) is 0 Å². The first-order valence-electron chi connectivity index (χ1n) is 10.2. The highest BCUT2D eigenvalue weighted by molar-refractivity contribution is 5.95. The van der Waals surface area contributed by atoms with Crippen molar-refractivity contribution in [1.82, 2.24) is 14.5 Å². The molecule has 0 bridgehead atoms. The van der Waals surface area contributed by atoms with Crippen molar-refractivity contribution in [2.75, 3.05) is 33.4 Å². The molecule has 2 aromatic heterocycles. The highest BCUT2D eigenvalue weighted by atomic mass is 16.5. The van der Waals surface area contributed by atoms with Crippen molar-refractivity contribution < 1.29 is 14.3 Å². The van der Waals surface area contributed by atoms with E-state index in [1.165, 1.54) is 4.57 Å². The molecule has 29 heavy (non-hydrogen) atoms. The molecule has 1 aliphatic carbocycles. The molecular formula is C22H25N3O4. The molecule has 7 heteroatoms. The van der Waals surface area contributed by atoms with Crippen molar-refractivity contribution >= 4 is 5.91 Å². The van der Waals surface area contributed by atoms with Crippen LogP contribution < -0.4 is 10.3 Å². The molecule has 4 heterocycles. The highest BCUT2D eigenvalue weighted by Crippen LogP contribution is 2.48. The Morgan fingerprint density at radius 3 is 2.79 bits per heavy atom. The number of carbonyl (C=O) groups is 1. The van der Waals surface area contributed by atoms with Gasteiger partial charge in [0.05, 0.1) is 25.6 Å². The molecule has 0 radical (unpaired) electrons. The molecule has 2 aromatic rings. The summed E-state index contributed by atoms with van der Waals surface area (Å²) in [6.07, 6.45) is 4.40. The molecule has 1 saturated carbocycles. The fraction of sp³-hybridized carbons (Fsp3) is 0.500. The van der Waals surface area contributed by atoms with Crippen LogP contribution in [0.4, 0.5) is 0 Å². The fourth-order valence-corrected chi connectivity index (χ4v) is 5.40. The van der Waals surface area contributed by atoms with E-state index in [1.807, 2.05) is 17.9 Å². The number of fused-ring (bicyclic) bond motifs is 3. The maximum atomic E-state index is 13.3. The van der Waals surface area contributed by atoms with Gasteiger partial charge < -0.3 is 14.4 Å². The predicted molar refractivity (Wildman–Crippen MR) is 106 cm³/mol.